The minimum atomic E-state index is 0.739. The van der Waals surface area contributed by atoms with Crippen molar-refractivity contribution in [1.29, 1.82) is 0 Å². The van der Waals surface area contributed by atoms with E-state index in [2.05, 4.69) is 34.3 Å². The number of hydrogen-bond acceptors (Lipinski definition) is 3. The molecule has 0 spiro atoms. The van der Waals surface area contributed by atoms with Gasteiger partial charge in [-0.15, -0.1) is 0 Å². The van der Waals surface area contributed by atoms with Gasteiger partial charge in [-0.2, -0.15) is 0 Å². The molecule has 3 heteroatoms. The second-order valence-corrected chi connectivity index (χ2v) is 4.75. The largest absolute Gasteiger partial charge is 0.317 e. The number of pyridine rings is 1. The average molecular weight is 233 g/mol. The van der Waals surface area contributed by atoms with Crippen molar-refractivity contribution in [2.45, 2.75) is 38.8 Å². The maximum Gasteiger partial charge on any atom is 0.0271 e. The molecule has 1 aliphatic heterocycles. The molecule has 1 N–H and O–H groups in total. The Morgan fingerprint density at radius 1 is 1.29 bits per heavy atom. The van der Waals surface area contributed by atoms with Crippen molar-refractivity contribution in [1.82, 2.24) is 15.2 Å². The van der Waals surface area contributed by atoms with Crippen molar-refractivity contribution in [3.63, 3.8) is 0 Å². The highest BCUT2D eigenvalue weighted by Gasteiger charge is 2.18. The third-order valence-electron chi connectivity index (χ3n) is 3.60. The first-order chi connectivity index (χ1) is 8.40. The summed E-state index contributed by atoms with van der Waals surface area (Å²) in [6.07, 6.45) is 7.68. The lowest BCUT2D eigenvalue weighted by Gasteiger charge is -2.29. The van der Waals surface area contributed by atoms with Gasteiger partial charge < -0.3 is 5.32 Å². The van der Waals surface area contributed by atoms with E-state index in [-0.39, 0.29) is 0 Å². The molecule has 1 aromatic heterocycles. The molecule has 1 unspecified atom stereocenters. The fourth-order valence-electron chi connectivity index (χ4n) is 2.59. The molecular formula is C14H23N3. The first kappa shape index (κ1) is 12.5. The molecule has 1 fully saturated rings. The number of aromatic nitrogens is 1. The second kappa shape index (κ2) is 6.72. The van der Waals surface area contributed by atoms with Gasteiger partial charge in [-0.1, -0.05) is 6.92 Å². The molecule has 0 radical (unpaired) electrons. The summed E-state index contributed by atoms with van der Waals surface area (Å²) in [5, 5.41) is 3.48. The van der Waals surface area contributed by atoms with Crippen LogP contribution in [0.25, 0.3) is 0 Å². The molecule has 2 heterocycles. The van der Waals surface area contributed by atoms with Crippen molar-refractivity contribution >= 4 is 0 Å². The molecule has 2 rings (SSSR count). The summed E-state index contributed by atoms with van der Waals surface area (Å²) < 4.78 is 0. The van der Waals surface area contributed by atoms with Crippen molar-refractivity contribution < 1.29 is 0 Å². The van der Waals surface area contributed by atoms with Crippen LogP contribution in [0.2, 0.25) is 0 Å². The molecule has 1 atom stereocenters. The SMILES string of the molecule is CCN(Cc1ccncc1)C1CCCNCC1. The van der Waals surface area contributed by atoms with Crippen LogP contribution in [0.5, 0.6) is 0 Å². The number of rotatable bonds is 4. The van der Waals surface area contributed by atoms with Crippen LogP contribution in [-0.2, 0) is 6.54 Å². The van der Waals surface area contributed by atoms with Crippen molar-refractivity contribution in [2.75, 3.05) is 19.6 Å². The Labute approximate surface area is 104 Å². The van der Waals surface area contributed by atoms with Gasteiger partial charge in [-0.3, -0.25) is 9.88 Å². The maximum atomic E-state index is 4.08. The summed E-state index contributed by atoms with van der Waals surface area (Å²) in [4.78, 5) is 6.68. The summed E-state index contributed by atoms with van der Waals surface area (Å²) >= 11 is 0. The van der Waals surface area contributed by atoms with E-state index >= 15 is 0 Å². The van der Waals surface area contributed by atoms with Gasteiger partial charge in [-0.05, 0) is 56.6 Å². The Bertz CT molecular complexity index is 305. The molecule has 94 valence electrons. The molecule has 0 amide bonds. The predicted molar refractivity (Wildman–Crippen MR) is 70.8 cm³/mol. The van der Waals surface area contributed by atoms with E-state index in [1.165, 1.54) is 31.4 Å². The fraction of sp³-hybridized carbons (Fsp3) is 0.643. The van der Waals surface area contributed by atoms with E-state index in [0.29, 0.717) is 0 Å². The van der Waals surface area contributed by atoms with E-state index in [9.17, 15) is 0 Å². The lowest BCUT2D eigenvalue weighted by molar-refractivity contribution is 0.182. The van der Waals surface area contributed by atoms with Gasteiger partial charge in [0.05, 0.1) is 0 Å². The van der Waals surface area contributed by atoms with Gasteiger partial charge in [-0.25, -0.2) is 0 Å². The quantitative estimate of drug-likeness (QED) is 0.862. The van der Waals surface area contributed by atoms with E-state index in [0.717, 1.165) is 25.7 Å². The van der Waals surface area contributed by atoms with Crippen LogP contribution in [0.1, 0.15) is 31.7 Å². The third kappa shape index (κ3) is 3.79. The molecular weight excluding hydrogens is 210 g/mol. The zero-order chi connectivity index (χ0) is 11.9. The van der Waals surface area contributed by atoms with Crippen LogP contribution in [-0.4, -0.2) is 35.6 Å². The van der Waals surface area contributed by atoms with Crippen LogP contribution in [0.3, 0.4) is 0 Å². The van der Waals surface area contributed by atoms with Crippen LogP contribution in [0.4, 0.5) is 0 Å². The highest BCUT2D eigenvalue weighted by atomic mass is 15.2. The number of nitrogens with one attached hydrogen (secondary N) is 1. The smallest absolute Gasteiger partial charge is 0.0271 e. The molecule has 0 aliphatic carbocycles. The van der Waals surface area contributed by atoms with E-state index in [1.807, 2.05) is 12.4 Å². The van der Waals surface area contributed by atoms with Crippen LogP contribution < -0.4 is 5.32 Å². The van der Waals surface area contributed by atoms with Gasteiger partial charge in [0.1, 0.15) is 0 Å². The summed E-state index contributed by atoms with van der Waals surface area (Å²) in [6.45, 7) is 6.80. The van der Waals surface area contributed by atoms with Gasteiger partial charge in [0.2, 0.25) is 0 Å². The highest BCUT2D eigenvalue weighted by Crippen LogP contribution is 2.16. The Balaban J connectivity index is 1.95. The first-order valence-corrected chi connectivity index (χ1v) is 6.74. The van der Waals surface area contributed by atoms with E-state index in [4.69, 9.17) is 0 Å². The Morgan fingerprint density at radius 3 is 2.88 bits per heavy atom. The van der Waals surface area contributed by atoms with E-state index < -0.39 is 0 Å². The van der Waals surface area contributed by atoms with Gasteiger partial charge in [0.25, 0.3) is 0 Å². The Hall–Kier alpha value is -0.930. The number of nitrogens with zero attached hydrogens (tertiary/aromatic N) is 2. The standard InChI is InChI=1S/C14H23N3/c1-2-17(12-13-5-9-16-10-6-13)14-4-3-8-15-11-7-14/h5-6,9-10,14-15H,2-4,7-8,11-12H2,1H3. The fourth-order valence-corrected chi connectivity index (χ4v) is 2.59. The molecule has 0 bridgehead atoms. The molecule has 17 heavy (non-hydrogen) atoms. The zero-order valence-corrected chi connectivity index (χ0v) is 10.7. The molecule has 1 saturated heterocycles. The normalized spacial score (nSPS) is 21.4. The molecule has 1 aromatic rings. The van der Waals surface area contributed by atoms with Crippen molar-refractivity contribution in [2.24, 2.45) is 0 Å². The topological polar surface area (TPSA) is 28.2 Å². The minimum absolute atomic E-state index is 0.739. The van der Waals surface area contributed by atoms with Gasteiger partial charge in [0, 0.05) is 25.0 Å². The van der Waals surface area contributed by atoms with Crippen LogP contribution in [0.15, 0.2) is 24.5 Å². The number of hydrogen-bond donors (Lipinski definition) is 1. The van der Waals surface area contributed by atoms with Crippen molar-refractivity contribution in [3.8, 4) is 0 Å². The summed E-state index contributed by atoms with van der Waals surface area (Å²) in [7, 11) is 0. The summed E-state index contributed by atoms with van der Waals surface area (Å²) in [5.74, 6) is 0. The molecule has 1 aliphatic rings. The maximum absolute atomic E-state index is 4.08. The predicted octanol–water partition coefficient (Wildman–Crippen LogP) is 2.05. The Kier molecular flexibility index (Phi) is 4.95. The Morgan fingerprint density at radius 2 is 2.12 bits per heavy atom. The third-order valence-corrected chi connectivity index (χ3v) is 3.60. The second-order valence-electron chi connectivity index (χ2n) is 4.75. The lowest BCUT2D eigenvalue weighted by Crippen LogP contribution is -2.35. The van der Waals surface area contributed by atoms with E-state index in [1.54, 1.807) is 0 Å². The van der Waals surface area contributed by atoms with Crippen LogP contribution >= 0.6 is 0 Å². The molecule has 3 nitrogen and oxygen atoms in total. The summed E-state index contributed by atoms with van der Waals surface area (Å²) in [5.41, 5.74) is 1.37. The molecule has 0 saturated carbocycles. The van der Waals surface area contributed by atoms with Crippen molar-refractivity contribution in [3.05, 3.63) is 30.1 Å². The minimum Gasteiger partial charge on any atom is -0.317 e. The lowest BCUT2D eigenvalue weighted by atomic mass is 10.1. The monoisotopic (exact) mass is 233 g/mol. The first-order valence-electron chi connectivity index (χ1n) is 6.74. The zero-order valence-electron chi connectivity index (χ0n) is 10.7. The van der Waals surface area contributed by atoms with Gasteiger partial charge in [0.15, 0.2) is 0 Å². The van der Waals surface area contributed by atoms with Gasteiger partial charge >= 0.3 is 0 Å². The highest BCUT2D eigenvalue weighted by molar-refractivity contribution is 5.09. The van der Waals surface area contributed by atoms with Crippen LogP contribution in [0, 0.1) is 0 Å². The average Bonchev–Trinajstić information content (AvgIpc) is 2.66. The molecule has 0 aromatic carbocycles. The summed E-state index contributed by atoms with van der Waals surface area (Å²) in [6, 6.07) is 4.98.